The summed E-state index contributed by atoms with van der Waals surface area (Å²) in [6.07, 6.45) is 0.641. The molecule has 0 saturated heterocycles. The minimum atomic E-state index is -0.574. The van der Waals surface area contributed by atoms with Crippen LogP contribution < -0.4 is 10.7 Å². The highest BCUT2D eigenvalue weighted by Crippen LogP contribution is 2.10. The smallest absolute Gasteiger partial charge is 0.275 e. The monoisotopic (exact) mass is 307 g/mol. The van der Waals surface area contributed by atoms with Gasteiger partial charge in [-0.05, 0) is 31.5 Å². The van der Waals surface area contributed by atoms with Crippen LogP contribution in [0.15, 0.2) is 23.0 Å². The fourth-order valence-electron chi connectivity index (χ4n) is 2.10. The molecule has 0 spiro atoms. The second kappa shape index (κ2) is 7.13. The number of fused-ring (bicyclic) bond motifs is 1. The predicted molar refractivity (Wildman–Crippen MR) is 80.4 cm³/mol. The summed E-state index contributed by atoms with van der Waals surface area (Å²) in [4.78, 5) is 24.3. The van der Waals surface area contributed by atoms with E-state index in [1.54, 1.807) is 7.05 Å². The zero-order valence-electron chi connectivity index (χ0n) is 12.6. The topological polar surface area (TPSA) is 73.2 Å². The number of aryl methyl sites for hydroxylation is 1. The maximum absolute atomic E-state index is 13.3. The Bertz CT molecular complexity index is 743. The Balaban J connectivity index is 2.22. The summed E-state index contributed by atoms with van der Waals surface area (Å²) < 4.78 is 19.9. The van der Waals surface area contributed by atoms with Crippen molar-refractivity contribution in [1.29, 1.82) is 0 Å². The van der Waals surface area contributed by atoms with E-state index < -0.39 is 17.2 Å². The lowest BCUT2D eigenvalue weighted by molar-refractivity contribution is 0.0936. The Hall–Kier alpha value is -2.28. The van der Waals surface area contributed by atoms with Crippen molar-refractivity contribution < 1.29 is 13.9 Å². The molecule has 1 N–H and O–H groups in total. The number of ether oxygens (including phenoxy) is 1. The van der Waals surface area contributed by atoms with Crippen molar-refractivity contribution >= 4 is 16.8 Å². The molecule has 0 radical (unpaired) electrons. The van der Waals surface area contributed by atoms with Gasteiger partial charge in [0.2, 0.25) is 5.43 Å². The number of amides is 1. The number of aromatic nitrogens is 2. The van der Waals surface area contributed by atoms with Gasteiger partial charge in [0.15, 0.2) is 5.69 Å². The Morgan fingerprint density at radius 1 is 1.45 bits per heavy atom. The molecule has 1 heterocycles. The molecule has 0 aliphatic heterocycles. The van der Waals surface area contributed by atoms with E-state index in [0.717, 1.165) is 6.07 Å². The van der Waals surface area contributed by atoms with Crippen molar-refractivity contribution in [2.45, 2.75) is 13.3 Å². The molecule has 1 aromatic carbocycles. The van der Waals surface area contributed by atoms with E-state index in [4.69, 9.17) is 4.74 Å². The molecule has 1 aromatic heterocycles. The number of hydrogen-bond donors (Lipinski definition) is 1. The maximum atomic E-state index is 13.3. The third-order valence-corrected chi connectivity index (χ3v) is 3.19. The molecule has 0 aliphatic carbocycles. The molecular weight excluding hydrogens is 289 g/mol. The van der Waals surface area contributed by atoms with Gasteiger partial charge in [-0.1, -0.05) is 0 Å². The SMILES string of the molecule is CCOCCCNC(=O)c1nn(C)c2ccc(F)cc2c1=O. The van der Waals surface area contributed by atoms with Crippen LogP contribution in [-0.4, -0.2) is 35.4 Å². The molecule has 0 fully saturated rings. The minimum Gasteiger partial charge on any atom is -0.382 e. The summed E-state index contributed by atoms with van der Waals surface area (Å²) in [7, 11) is 1.60. The number of halogens is 1. The van der Waals surface area contributed by atoms with Gasteiger partial charge >= 0.3 is 0 Å². The van der Waals surface area contributed by atoms with Gasteiger partial charge in [0, 0.05) is 26.8 Å². The first-order valence-corrected chi connectivity index (χ1v) is 7.07. The minimum absolute atomic E-state index is 0.136. The zero-order valence-corrected chi connectivity index (χ0v) is 12.6. The molecule has 0 unspecified atom stereocenters. The number of nitrogens with one attached hydrogen (secondary N) is 1. The summed E-state index contributed by atoms with van der Waals surface area (Å²) in [5.41, 5.74) is -0.341. The van der Waals surface area contributed by atoms with Gasteiger partial charge in [-0.15, -0.1) is 0 Å². The van der Waals surface area contributed by atoms with Crippen LogP contribution in [0.4, 0.5) is 4.39 Å². The van der Waals surface area contributed by atoms with Crippen LogP contribution in [-0.2, 0) is 11.8 Å². The van der Waals surface area contributed by atoms with E-state index in [-0.39, 0.29) is 11.1 Å². The van der Waals surface area contributed by atoms with E-state index >= 15 is 0 Å². The van der Waals surface area contributed by atoms with E-state index in [0.29, 0.717) is 31.7 Å². The average molecular weight is 307 g/mol. The average Bonchev–Trinajstić information content (AvgIpc) is 2.50. The van der Waals surface area contributed by atoms with Crippen molar-refractivity contribution in [2.75, 3.05) is 19.8 Å². The number of carbonyl (C=O) groups is 1. The lowest BCUT2D eigenvalue weighted by Crippen LogP contribution is -2.32. The van der Waals surface area contributed by atoms with Gasteiger partial charge in [-0.2, -0.15) is 5.10 Å². The Labute approximate surface area is 126 Å². The van der Waals surface area contributed by atoms with Crippen molar-refractivity contribution in [3.8, 4) is 0 Å². The molecule has 2 rings (SSSR count). The summed E-state index contributed by atoms with van der Waals surface area (Å²) in [6.45, 7) is 3.42. The number of carbonyl (C=O) groups excluding carboxylic acids is 1. The standard InChI is InChI=1S/C15H18FN3O3/c1-3-22-8-4-7-17-15(21)13-14(20)11-9-10(16)5-6-12(11)19(2)18-13/h5-6,9H,3-4,7-8H2,1-2H3,(H,17,21). The first-order valence-electron chi connectivity index (χ1n) is 7.07. The van der Waals surface area contributed by atoms with Gasteiger partial charge in [-0.25, -0.2) is 4.39 Å². The zero-order chi connectivity index (χ0) is 16.1. The van der Waals surface area contributed by atoms with Gasteiger partial charge < -0.3 is 10.1 Å². The third kappa shape index (κ3) is 3.48. The van der Waals surface area contributed by atoms with Crippen LogP contribution in [0.1, 0.15) is 23.8 Å². The summed E-state index contributed by atoms with van der Waals surface area (Å²) in [6, 6.07) is 3.82. The van der Waals surface area contributed by atoms with Crippen LogP contribution in [0.2, 0.25) is 0 Å². The van der Waals surface area contributed by atoms with Crippen molar-refractivity contribution in [1.82, 2.24) is 15.1 Å². The molecule has 0 aliphatic rings. The highest BCUT2D eigenvalue weighted by atomic mass is 19.1. The van der Waals surface area contributed by atoms with Gasteiger partial charge in [0.05, 0.1) is 10.9 Å². The quantitative estimate of drug-likeness (QED) is 0.815. The molecule has 0 saturated carbocycles. The van der Waals surface area contributed by atoms with Crippen molar-refractivity contribution in [2.24, 2.45) is 7.05 Å². The van der Waals surface area contributed by atoms with E-state index in [9.17, 15) is 14.0 Å². The molecule has 2 aromatic rings. The number of benzene rings is 1. The second-order valence-electron chi connectivity index (χ2n) is 4.77. The molecule has 118 valence electrons. The number of rotatable bonds is 6. The summed E-state index contributed by atoms with van der Waals surface area (Å²) in [5.74, 6) is -1.10. The number of hydrogen-bond acceptors (Lipinski definition) is 4. The first kappa shape index (κ1) is 16.1. The largest absolute Gasteiger partial charge is 0.382 e. The van der Waals surface area contributed by atoms with Crippen LogP contribution in [0.5, 0.6) is 0 Å². The van der Waals surface area contributed by atoms with Crippen molar-refractivity contribution in [3.05, 3.63) is 39.9 Å². The van der Waals surface area contributed by atoms with E-state index in [1.165, 1.54) is 16.8 Å². The van der Waals surface area contributed by atoms with Crippen LogP contribution in [0, 0.1) is 5.82 Å². The Morgan fingerprint density at radius 2 is 2.23 bits per heavy atom. The normalized spacial score (nSPS) is 10.9. The first-order chi connectivity index (χ1) is 10.5. The fraction of sp³-hybridized carbons (Fsp3) is 0.400. The molecule has 7 heteroatoms. The highest BCUT2D eigenvalue weighted by molar-refractivity contribution is 5.95. The van der Waals surface area contributed by atoms with Crippen LogP contribution >= 0.6 is 0 Å². The lowest BCUT2D eigenvalue weighted by atomic mass is 10.2. The Morgan fingerprint density at radius 3 is 2.95 bits per heavy atom. The second-order valence-corrected chi connectivity index (χ2v) is 4.77. The fourth-order valence-corrected chi connectivity index (χ4v) is 2.10. The van der Waals surface area contributed by atoms with Crippen molar-refractivity contribution in [3.63, 3.8) is 0 Å². The predicted octanol–water partition coefficient (Wildman–Crippen LogP) is 1.23. The van der Waals surface area contributed by atoms with Crippen LogP contribution in [0.25, 0.3) is 10.9 Å². The van der Waals surface area contributed by atoms with Gasteiger partial charge in [-0.3, -0.25) is 14.3 Å². The molecule has 0 bridgehead atoms. The molecular formula is C15H18FN3O3. The molecule has 0 atom stereocenters. The maximum Gasteiger partial charge on any atom is 0.275 e. The molecule has 6 nitrogen and oxygen atoms in total. The third-order valence-electron chi connectivity index (χ3n) is 3.19. The molecule has 1 amide bonds. The molecule has 22 heavy (non-hydrogen) atoms. The lowest BCUT2D eigenvalue weighted by Gasteiger charge is -2.08. The van der Waals surface area contributed by atoms with E-state index in [1.807, 2.05) is 6.92 Å². The number of nitrogens with zero attached hydrogens (tertiary/aromatic N) is 2. The summed E-state index contributed by atoms with van der Waals surface area (Å²) in [5, 5.41) is 6.74. The van der Waals surface area contributed by atoms with Gasteiger partial charge in [0.25, 0.3) is 5.91 Å². The Kier molecular flexibility index (Phi) is 5.21. The van der Waals surface area contributed by atoms with E-state index in [2.05, 4.69) is 10.4 Å². The summed E-state index contributed by atoms with van der Waals surface area (Å²) >= 11 is 0. The highest BCUT2D eigenvalue weighted by Gasteiger charge is 2.16. The van der Waals surface area contributed by atoms with Gasteiger partial charge in [0.1, 0.15) is 5.82 Å². The van der Waals surface area contributed by atoms with Crippen LogP contribution in [0.3, 0.4) is 0 Å².